The topological polar surface area (TPSA) is 448 Å². The van der Waals surface area contributed by atoms with Crippen molar-refractivity contribution < 1.29 is 109 Å². The zero-order valence-electron chi connectivity index (χ0n) is 27.5. The van der Waals surface area contributed by atoms with Crippen molar-refractivity contribution in [1.82, 2.24) is 0 Å². The fourth-order valence-corrected chi connectivity index (χ4v) is 7.97. The number of aromatic amines is 2. The van der Waals surface area contributed by atoms with Crippen molar-refractivity contribution >= 4 is 77.2 Å². The van der Waals surface area contributed by atoms with Gasteiger partial charge in [0.2, 0.25) is 0 Å². The number of nitrogen functional groups attached to an aromatic ring is 2. The molecule has 20 nitrogen and oxygen atoms in total. The number of fused-ring (bicyclic) bond motifs is 6. The second kappa shape index (κ2) is 22.8. The molecule has 0 unspecified atom stereocenters. The van der Waals surface area contributed by atoms with E-state index in [9.17, 15) is 39.6 Å². The predicted octanol–water partition coefficient (Wildman–Crippen LogP) is -7.80. The molecule has 8 rings (SSSR count). The molecule has 4 aromatic rings. The van der Waals surface area contributed by atoms with E-state index in [1.54, 1.807) is 22.7 Å². The third-order valence-electron chi connectivity index (χ3n) is 8.36. The molecule has 4 aliphatic heterocycles. The van der Waals surface area contributed by atoms with E-state index >= 15 is 0 Å². The molecular formula is C30H42CoN4O16S2. The number of thiazole rings is 2. The largest absolute Gasteiger partial charge is 2.00 e. The summed E-state index contributed by atoms with van der Waals surface area (Å²) in [5.74, 6) is -9.48. The first kappa shape index (κ1) is 53.2. The summed E-state index contributed by atoms with van der Waals surface area (Å²) in [6.07, 6.45) is 0.465. The quantitative estimate of drug-likeness (QED) is 0.194. The molecular weight excluding hydrogens is 795 g/mol. The number of para-hydroxylation sites is 2. The Morgan fingerprint density at radius 1 is 0.528 bits per heavy atom. The van der Waals surface area contributed by atoms with Crippen LogP contribution in [-0.2, 0) is 45.4 Å². The second-order valence-corrected chi connectivity index (χ2v) is 13.3. The number of rotatable bonds is 4. The molecule has 0 spiro atoms. The van der Waals surface area contributed by atoms with E-state index in [1.807, 2.05) is 48.5 Å². The van der Waals surface area contributed by atoms with Gasteiger partial charge in [-0.15, -0.1) is 0 Å². The maximum Gasteiger partial charge on any atom is 2.00 e. The van der Waals surface area contributed by atoms with Gasteiger partial charge in [0.15, 0.2) is 0 Å². The van der Waals surface area contributed by atoms with Crippen LogP contribution in [0.1, 0.15) is 25.7 Å². The number of aromatic nitrogens is 2. The van der Waals surface area contributed by atoms with E-state index < -0.39 is 72.0 Å². The molecule has 299 valence electrons. The fourth-order valence-electron chi connectivity index (χ4n) is 6.42. The number of H-pyrrole nitrogens is 2. The molecule has 53 heavy (non-hydrogen) atoms. The number of carboxylic acids is 4. The summed E-state index contributed by atoms with van der Waals surface area (Å²) in [5.41, 5.74) is 13.3. The van der Waals surface area contributed by atoms with Gasteiger partial charge in [-0.2, -0.15) is 0 Å². The Bertz CT molecular complexity index is 1520. The Morgan fingerprint density at radius 3 is 1.00 bits per heavy atom. The maximum atomic E-state index is 10.6. The number of carboxylic acid groups (broad SMARTS) is 4. The van der Waals surface area contributed by atoms with E-state index in [0.717, 1.165) is 21.3 Å². The molecule has 0 amide bonds. The zero-order valence-corrected chi connectivity index (χ0v) is 30.1. The van der Waals surface area contributed by atoms with Crippen LogP contribution in [0.4, 0.5) is 10.3 Å². The first-order valence-corrected chi connectivity index (χ1v) is 16.0. The number of nitrogens with one attached hydrogen (secondary N) is 2. The predicted molar refractivity (Wildman–Crippen MR) is 177 cm³/mol. The number of carbonyl (C=O) groups excluding carboxylic acids is 4. The van der Waals surface area contributed by atoms with Gasteiger partial charge in [-0.25, -0.2) is 9.97 Å². The standard InChI is InChI=1S/2C8H10O5.2C7H6N2S.Co.6H2O/c2*9-7(10)5-3-1-2-4(13-3)6(5)8(11)12;2*8-7-9-5-3-1-2-4-6(5)10-7;;;;;;;/h2*3-6H,1-2H2,(H,9,10)(H,11,12);2*1-4H,(H2,8,9);;6*1H2/q;;;;+2;;;;;;/p-2/t2*3-,4+,5-,6+;;;;;;;;;. The van der Waals surface area contributed by atoms with E-state index in [-0.39, 0.29) is 49.6 Å². The Labute approximate surface area is 318 Å². The number of nitrogens with two attached hydrogens (primary N) is 2. The molecule has 4 saturated heterocycles. The van der Waals surface area contributed by atoms with Gasteiger partial charge < -0.3 is 81.9 Å². The average Bonchev–Trinajstić information content (AvgIpc) is 3.85. The summed E-state index contributed by atoms with van der Waals surface area (Å²) in [6.45, 7) is 0. The smallest absolute Gasteiger partial charge is 0.550 e. The molecule has 6 heterocycles. The minimum absolute atomic E-state index is 0. The number of anilines is 2. The number of hydrogen-bond acceptors (Lipinski definition) is 14. The number of carbonyl (C=O) groups is 4. The van der Waals surface area contributed by atoms with Crippen LogP contribution in [0.15, 0.2) is 48.5 Å². The van der Waals surface area contributed by atoms with Crippen molar-refractivity contribution in [2.24, 2.45) is 23.7 Å². The Balaban J connectivity index is -0.000000606. The molecule has 23 heteroatoms. The first-order valence-electron chi connectivity index (χ1n) is 14.4. The third-order valence-corrected chi connectivity index (χ3v) is 10.2. The average molecular weight is 838 g/mol. The number of benzene rings is 2. The van der Waals surface area contributed by atoms with Crippen LogP contribution >= 0.6 is 22.7 Å². The van der Waals surface area contributed by atoms with Gasteiger partial charge >= 0.3 is 27.0 Å². The molecule has 1 radical (unpaired) electrons. The SMILES string of the molecule is Nc1[nH+]c2ccccc2s1.Nc1[nH+]c2ccccc2s1.O.O.O.O.O.O.O=C([O-])[C@@H]1[C@H](C(=O)[O-])[C@H]2CC[C@@H]1O2.O=C([O-])[C@@H]1[C@H](C(=O)[O-])[C@H]2CC[C@@H]1O2.[Co+2]. The normalized spacial score (nSPS) is 24.6. The van der Waals surface area contributed by atoms with Gasteiger partial charge in [-0.3, -0.25) is 11.5 Å². The van der Waals surface area contributed by atoms with Gasteiger partial charge in [-0.05, 0) is 72.6 Å². The minimum Gasteiger partial charge on any atom is -0.550 e. The van der Waals surface area contributed by atoms with Crippen LogP contribution in [0, 0.1) is 23.7 Å². The van der Waals surface area contributed by atoms with Crippen molar-refractivity contribution in [3.05, 3.63) is 48.5 Å². The van der Waals surface area contributed by atoms with E-state index in [1.165, 1.54) is 9.40 Å². The van der Waals surface area contributed by atoms with Gasteiger partial charge in [0.25, 0.3) is 0 Å². The van der Waals surface area contributed by atoms with Gasteiger partial charge in [-0.1, -0.05) is 24.3 Å². The molecule has 4 aliphatic rings. The van der Waals surface area contributed by atoms with Crippen LogP contribution in [0.3, 0.4) is 0 Å². The summed E-state index contributed by atoms with van der Waals surface area (Å²) in [7, 11) is 0. The van der Waals surface area contributed by atoms with Gasteiger partial charge in [0.05, 0.1) is 33.8 Å². The molecule has 2 aromatic carbocycles. The molecule has 18 N–H and O–H groups in total. The Kier molecular flexibility index (Phi) is 22.9. The third kappa shape index (κ3) is 11.9. The summed E-state index contributed by atoms with van der Waals surface area (Å²) in [6, 6.07) is 16.1. The molecule has 2 aromatic heterocycles. The molecule has 0 aliphatic carbocycles. The van der Waals surface area contributed by atoms with E-state index in [2.05, 4.69) is 9.97 Å². The first-order chi connectivity index (χ1) is 21.9. The minimum atomic E-state index is -1.35. The summed E-state index contributed by atoms with van der Waals surface area (Å²) in [5, 5.41) is 44.0. The Hall–Kier alpha value is -4.11. The van der Waals surface area contributed by atoms with Crippen molar-refractivity contribution in [2.45, 2.75) is 50.1 Å². The van der Waals surface area contributed by atoms with E-state index in [0.29, 0.717) is 25.7 Å². The molecule has 4 fully saturated rings. The van der Waals surface area contributed by atoms with Gasteiger partial charge in [0, 0.05) is 47.5 Å². The Morgan fingerprint density at radius 2 is 0.774 bits per heavy atom. The molecule has 8 atom stereocenters. The maximum absolute atomic E-state index is 10.6. The molecule has 0 saturated carbocycles. The van der Waals surface area contributed by atoms with Crippen LogP contribution < -0.4 is 41.9 Å². The van der Waals surface area contributed by atoms with Crippen LogP contribution in [0.5, 0.6) is 0 Å². The van der Waals surface area contributed by atoms with Gasteiger partial charge in [0.1, 0.15) is 11.0 Å². The van der Waals surface area contributed by atoms with Crippen molar-refractivity contribution in [3.8, 4) is 0 Å². The fraction of sp³-hybridized carbons (Fsp3) is 0.400. The van der Waals surface area contributed by atoms with Crippen LogP contribution in [-0.4, -0.2) is 81.2 Å². The zero-order chi connectivity index (χ0) is 33.1. The van der Waals surface area contributed by atoms with E-state index in [4.69, 9.17) is 20.9 Å². The van der Waals surface area contributed by atoms with Crippen LogP contribution in [0.2, 0.25) is 0 Å². The number of ether oxygens (including phenoxy) is 2. The summed E-state index contributed by atoms with van der Waals surface area (Å²) in [4.78, 5) is 48.6. The van der Waals surface area contributed by atoms with Crippen molar-refractivity contribution in [1.29, 1.82) is 0 Å². The molecule has 4 bridgehead atoms. The second-order valence-electron chi connectivity index (χ2n) is 11.1. The number of hydrogen-bond donors (Lipinski definition) is 2. The van der Waals surface area contributed by atoms with Crippen molar-refractivity contribution in [3.63, 3.8) is 0 Å². The van der Waals surface area contributed by atoms with Crippen molar-refractivity contribution in [2.75, 3.05) is 11.5 Å². The summed E-state index contributed by atoms with van der Waals surface area (Å²) >= 11 is 3.15. The number of aliphatic carboxylic acids is 4. The monoisotopic (exact) mass is 837 g/mol. The summed E-state index contributed by atoms with van der Waals surface area (Å²) < 4.78 is 12.8. The van der Waals surface area contributed by atoms with Crippen LogP contribution in [0.25, 0.3) is 20.4 Å².